The second-order valence-electron chi connectivity index (χ2n) is 0.926. The van der Waals surface area contributed by atoms with Crippen molar-refractivity contribution in [2.75, 3.05) is 0 Å². The summed E-state index contributed by atoms with van der Waals surface area (Å²) in [5, 5.41) is 10.6. The van der Waals surface area contributed by atoms with Crippen LogP contribution in [0, 0.1) is 3.14 Å². The Morgan fingerprint density at radius 1 is 1.71 bits per heavy atom. The van der Waals surface area contributed by atoms with Gasteiger partial charge in [-0.25, -0.2) is 0 Å². The molecule has 0 radical (unpaired) electrons. The minimum absolute atomic E-state index is 0.315. The van der Waals surface area contributed by atoms with Crippen molar-refractivity contribution in [3.8, 4) is 5.06 Å². The minimum atomic E-state index is 0.315. The fourth-order valence-electron chi connectivity index (χ4n) is 0.232. The molecule has 0 unspecified atom stereocenters. The largest absolute Gasteiger partial charge is 0.499 e. The highest BCUT2D eigenvalue weighted by atomic mass is 32.2. The molecule has 7 heavy (non-hydrogen) atoms. The molecule has 1 heterocycles. The van der Waals surface area contributed by atoms with Gasteiger partial charge in [0, 0.05) is 5.38 Å². The predicted octanol–water partition coefficient (Wildman–Crippen LogP) is 2.24. The van der Waals surface area contributed by atoms with Gasteiger partial charge >= 0.3 is 0 Å². The van der Waals surface area contributed by atoms with Gasteiger partial charge in [0.2, 0.25) is 0 Å². The summed E-state index contributed by atoms with van der Waals surface area (Å²) in [6.07, 6.45) is 0. The van der Waals surface area contributed by atoms with Crippen molar-refractivity contribution in [1.29, 1.82) is 0 Å². The first-order valence-corrected chi connectivity index (χ1v) is 3.67. The Morgan fingerprint density at radius 2 is 2.43 bits per heavy atom. The van der Waals surface area contributed by atoms with E-state index in [0.717, 1.165) is 3.14 Å². The van der Waals surface area contributed by atoms with Gasteiger partial charge in [-0.2, -0.15) is 0 Å². The van der Waals surface area contributed by atoms with E-state index in [0.29, 0.717) is 5.06 Å². The standard InChI is InChI=1S/C3H2OS3/c4-2-1-6-3(5)7-2/h1,4H. The van der Waals surface area contributed by atoms with E-state index in [-0.39, 0.29) is 0 Å². The third-order valence-electron chi connectivity index (χ3n) is 0.444. The van der Waals surface area contributed by atoms with Gasteiger partial charge < -0.3 is 5.11 Å². The van der Waals surface area contributed by atoms with Crippen molar-refractivity contribution in [2.45, 2.75) is 0 Å². The van der Waals surface area contributed by atoms with Crippen LogP contribution in [0.1, 0.15) is 0 Å². The van der Waals surface area contributed by atoms with Crippen molar-refractivity contribution in [2.24, 2.45) is 0 Å². The number of hydrogen-bond acceptors (Lipinski definition) is 4. The van der Waals surface area contributed by atoms with Gasteiger partial charge in [0.1, 0.15) is 3.14 Å². The Morgan fingerprint density at radius 3 is 2.57 bits per heavy atom. The van der Waals surface area contributed by atoms with Gasteiger partial charge in [0.15, 0.2) is 5.06 Å². The zero-order chi connectivity index (χ0) is 5.28. The average Bonchev–Trinajstić information content (AvgIpc) is 1.87. The third-order valence-corrected chi connectivity index (χ3v) is 2.70. The van der Waals surface area contributed by atoms with E-state index in [1.165, 1.54) is 22.7 Å². The molecule has 1 nitrogen and oxygen atoms in total. The lowest BCUT2D eigenvalue weighted by Gasteiger charge is -1.66. The van der Waals surface area contributed by atoms with Crippen LogP contribution in [0.4, 0.5) is 0 Å². The fourth-order valence-corrected chi connectivity index (χ4v) is 1.93. The smallest absolute Gasteiger partial charge is 0.183 e. The normalized spacial score (nSPS) is 9.14. The maximum Gasteiger partial charge on any atom is 0.183 e. The first-order chi connectivity index (χ1) is 3.29. The van der Waals surface area contributed by atoms with Crippen LogP contribution < -0.4 is 0 Å². The molecule has 0 fully saturated rings. The van der Waals surface area contributed by atoms with Crippen LogP contribution in [0.15, 0.2) is 5.38 Å². The summed E-state index contributed by atoms with van der Waals surface area (Å²) in [6.45, 7) is 0. The summed E-state index contributed by atoms with van der Waals surface area (Å²) in [4.78, 5) is 0. The van der Waals surface area contributed by atoms with Gasteiger partial charge in [-0.15, -0.1) is 11.3 Å². The molecule has 0 saturated heterocycles. The Kier molecular flexibility index (Phi) is 1.41. The highest BCUT2D eigenvalue weighted by Gasteiger charge is 1.85. The zero-order valence-electron chi connectivity index (χ0n) is 3.25. The quantitative estimate of drug-likeness (QED) is 0.572. The minimum Gasteiger partial charge on any atom is -0.499 e. The van der Waals surface area contributed by atoms with Crippen molar-refractivity contribution < 1.29 is 5.11 Å². The summed E-state index contributed by atoms with van der Waals surface area (Å²) >= 11 is 7.33. The van der Waals surface area contributed by atoms with Crippen LogP contribution >= 0.6 is 34.9 Å². The highest BCUT2D eigenvalue weighted by Crippen LogP contribution is 2.22. The van der Waals surface area contributed by atoms with E-state index in [1.54, 1.807) is 5.38 Å². The Balaban J connectivity index is 3.30. The summed E-state index contributed by atoms with van der Waals surface area (Å²) in [5.74, 6) is 0. The molecular formula is C3H2OS3. The molecule has 0 spiro atoms. The molecule has 1 aromatic rings. The van der Waals surface area contributed by atoms with Crippen LogP contribution in [-0.2, 0) is 0 Å². The SMILES string of the molecule is Oc1csc(=S)s1. The van der Waals surface area contributed by atoms with Crippen molar-refractivity contribution in [3.05, 3.63) is 8.52 Å². The van der Waals surface area contributed by atoms with E-state index in [2.05, 4.69) is 0 Å². The first-order valence-electron chi connectivity index (χ1n) is 1.56. The van der Waals surface area contributed by atoms with Crippen molar-refractivity contribution in [1.82, 2.24) is 0 Å². The Bertz CT molecular complexity index is 198. The monoisotopic (exact) mass is 150 g/mol. The van der Waals surface area contributed by atoms with E-state index in [9.17, 15) is 0 Å². The zero-order valence-corrected chi connectivity index (χ0v) is 5.70. The molecule has 1 N–H and O–H groups in total. The van der Waals surface area contributed by atoms with Crippen LogP contribution in [0.3, 0.4) is 0 Å². The summed E-state index contributed by atoms with van der Waals surface area (Å²) < 4.78 is 0.775. The third kappa shape index (κ3) is 1.22. The van der Waals surface area contributed by atoms with Crippen molar-refractivity contribution >= 4 is 34.9 Å². The van der Waals surface area contributed by atoms with Crippen LogP contribution in [0.5, 0.6) is 5.06 Å². The molecule has 0 amide bonds. The summed E-state index contributed by atoms with van der Waals surface area (Å²) in [6, 6.07) is 0. The molecule has 38 valence electrons. The summed E-state index contributed by atoms with van der Waals surface area (Å²) in [7, 11) is 0. The number of rotatable bonds is 0. The van der Waals surface area contributed by atoms with E-state index in [1.807, 2.05) is 0 Å². The van der Waals surface area contributed by atoms with Gasteiger partial charge in [-0.1, -0.05) is 23.6 Å². The van der Waals surface area contributed by atoms with Crippen LogP contribution in [0.2, 0.25) is 0 Å². The topological polar surface area (TPSA) is 20.2 Å². The van der Waals surface area contributed by atoms with Gasteiger partial charge in [0.25, 0.3) is 0 Å². The molecule has 0 saturated carbocycles. The Hall–Kier alpha value is 0.0700. The van der Waals surface area contributed by atoms with E-state index >= 15 is 0 Å². The lowest BCUT2D eigenvalue weighted by Crippen LogP contribution is -1.34. The van der Waals surface area contributed by atoms with E-state index in [4.69, 9.17) is 17.3 Å². The number of aromatic hydroxyl groups is 1. The van der Waals surface area contributed by atoms with Crippen molar-refractivity contribution in [3.63, 3.8) is 0 Å². The maximum absolute atomic E-state index is 8.62. The van der Waals surface area contributed by atoms with Gasteiger partial charge in [-0.05, 0) is 0 Å². The van der Waals surface area contributed by atoms with Gasteiger partial charge in [-0.3, -0.25) is 0 Å². The molecule has 0 aromatic carbocycles. The van der Waals surface area contributed by atoms with Gasteiger partial charge in [0.05, 0.1) is 0 Å². The molecule has 0 aliphatic heterocycles. The number of hydrogen-bond donors (Lipinski definition) is 1. The summed E-state index contributed by atoms with van der Waals surface area (Å²) in [5.41, 5.74) is 0. The molecule has 1 aromatic heterocycles. The molecule has 0 atom stereocenters. The van der Waals surface area contributed by atoms with Crippen LogP contribution in [0.25, 0.3) is 0 Å². The predicted molar refractivity (Wildman–Crippen MR) is 34.7 cm³/mol. The van der Waals surface area contributed by atoms with E-state index < -0.39 is 0 Å². The second-order valence-corrected chi connectivity index (χ2v) is 4.02. The fraction of sp³-hybridized carbons (Fsp3) is 0. The second kappa shape index (κ2) is 1.90. The molecular weight excluding hydrogens is 148 g/mol. The molecule has 0 aliphatic carbocycles. The maximum atomic E-state index is 8.62. The molecule has 1 rings (SSSR count). The lowest BCUT2D eigenvalue weighted by molar-refractivity contribution is 0.492. The Labute approximate surface area is 53.9 Å². The molecule has 0 bridgehead atoms. The molecule has 0 aliphatic rings. The molecule has 4 heteroatoms. The average molecular weight is 150 g/mol. The highest BCUT2D eigenvalue weighted by molar-refractivity contribution is 7.76. The van der Waals surface area contributed by atoms with Crippen LogP contribution in [-0.4, -0.2) is 5.11 Å². The lowest BCUT2D eigenvalue weighted by atomic mass is 11.1. The first kappa shape index (κ1) is 5.21.